The van der Waals surface area contributed by atoms with Crippen molar-refractivity contribution in [3.8, 4) is 0 Å². The second-order valence-corrected chi connectivity index (χ2v) is 4.47. The Balaban J connectivity index is 2.25. The van der Waals surface area contributed by atoms with E-state index < -0.39 is 11.7 Å². The molecule has 19 heavy (non-hydrogen) atoms. The number of carbonyl (C=O) groups is 1. The van der Waals surface area contributed by atoms with Gasteiger partial charge in [-0.05, 0) is 24.3 Å². The Hall–Kier alpha value is -1.85. The molecule has 4 nitrogen and oxygen atoms in total. The molecular weight excluding hydrogens is 292 g/mol. The maximum absolute atomic E-state index is 13.2. The predicted octanol–water partition coefficient (Wildman–Crippen LogP) is 3.36. The van der Waals surface area contributed by atoms with Gasteiger partial charge >= 0.3 is 0 Å². The number of hydrogen-bond donors (Lipinski definition) is 2. The number of anilines is 2. The van der Waals surface area contributed by atoms with E-state index in [1.807, 2.05) is 0 Å². The Morgan fingerprint density at radius 2 is 2.05 bits per heavy atom. The van der Waals surface area contributed by atoms with E-state index in [1.54, 1.807) is 0 Å². The van der Waals surface area contributed by atoms with Crippen molar-refractivity contribution in [3.63, 3.8) is 0 Å². The summed E-state index contributed by atoms with van der Waals surface area (Å²) in [7, 11) is 0. The smallest absolute Gasteiger partial charge is 0.257 e. The lowest BCUT2D eigenvalue weighted by atomic mass is 10.2. The van der Waals surface area contributed by atoms with Gasteiger partial charge in [-0.2, -0.15) is 0 Å². The van der Waals surface area contributed by atoms with Crippen LogP contribution in [0.2, 0.25) is 10.2 Å². The van der Waals surface area contributed by atoms with Crippen LogP contribution in [0.1, 0.15) is 10.4 Å². The van der Waals surface area contributed by atoms with Gasteiger partial charge in [-0.3, -0.25) is 4.79 Å². The molecular formula is C12H8Cl2FN3O. The van der Waals surface area contributed by atoms with Gasteiger partial charge in [-0.15, -0.1) is 0 Å². The third kappa shape index (κ3) is 3.13. The first-order chi connectivity index (χ1) is 8.97. The molecule has 98 valence electrons. The second kappa shape index (κ2) is 5.42. The number of nitrogen functional groups attached to an aromatic ring is 1. The normalized spacial score (nSPS) is 10.3. The summed E-state index contributed by atoms with van der Waals surface area (Å²) in [5.74, 6) is -1.14. The van der Waals surface area contributed by atoms with Crippen molar-refractivity contribution in [1.29, 1.82) is 0 Å². The van der Waals surface area contributed by atoms with Crippen LogP contribution in [0, 0.1) is 5.82 Å². The molecule has 1 aromatic carbocycles. The number of carbonyl (C=O) groups excluding carboxylic acids is 1. The van der Waals surface area contributed by atoms with Crippen LogP contribution in [0.15, 0.2) is 30.5 Å². The Morgan fingerprint density at radius 3 is 2.74 bits per heavy atom. The summed E-state index contributed by atoms with van der Waals surface area (Å²) in [6, 6.07) is 5.26. The van der Waals surface area contributed by atoms with E-state index in [0.717, 1.165) is 6.07 Å². The standard InChI is InChI=1S/C12H8Cl2FN3O/c13-8-2-1-6(3-9(8)15)18-12(19)7-4-11(14)17-5-10(7)16/h1-5H,16H2,(H,18,19). The zero-order chi connectivity index (χ0) is 14.0. The number of nitrogens with two attached hydrogens (primary N) is 1. The molecule has 0 fully saturated rings. The van der Waals surface area contributed by atoms with Crippen LogP contribution in [0.5, 0.6) is 0 Å². The number of aromatic nitrogens is 1. The Bertz CT molecular complexity index is 649. The molecule has 1 aromatic heterocycles. The highest BCUT2D eigenvalue weighted by molar-refractivity contribution is 6.31. The van der Waals surface area contributed by atoms with Gasteiger partial charge in [0.25, 0.3) is 5.91 Å². The summed E-state index contributed by atoms with van der Waals surface area (Å²) in [6.45, 7) is 0. The molecule has 2 rings (SSSR count). The van der Waals surface area contributed by atoms with Gasteiger partial charge in [-0.1, -0.05) is 23.2 Å². The van der Waals surface area contributed by atoms with E-state index in [9.17, 15) is 9.18 Å². The van der Waals surface area contributed by atoms with Gasteiger partial charge in [0.15, 0.2) is 0 Å². The minimum atomic E-state index is -0.625. The van der Waals surface area contributed by atoms with E-state index in [1.165, 1.54) is 24.4 Å². The van der Waals surface area contributed by atoms with Crippen LogP contribution in [0.4, 0.5) is 15.8 Å². The predicted molar refractivity (Wildman–Crippen MR) is 73.0 cm³/mol. The number of nitrogens with zero attached hydrogens (tertiary/aromatic N) is 1. The molecule has 7 heteroatoms. The van der Waals surface area contributed by atoms with Gasteiger partial charge < -0.3 is 11.1 Å². The van der Waals surface area contributed by atoms with E-state index in [2.05, 4.69) is 10.3 Å². The molecule has 0 atom stereocenters. The molecule has 1 heterocycles. The van der Waals surface area contributed by atoms with Gasteiger partial charge in [0.2, 0.25) is 0 Å². The van der Waals surface area contributed by atoms with E-state index in [4.69, 9.17) is 28.9 Å². The average Bonchev–Trinajstić information content (AvgIpc) is 2.36. The van der Waals surface area contributed by atoms with Crippen LogP contribution < -0.4 is 11.1 Å². The molecule has 0 radical (unpaired) electrons. The lowest BCUT2D eigenvalue weighted by Crippen LogP contribution is -2.14. The lowest BCUT2D eigenvalue weighted by Gasteiger charge is -2.08. The molecule has 0 saturated carbocycles. The van der Waals surface area contributed by atoms with Crippen molar-refractivity contribution in [3.05, 3.63) is 52.0 Å². The first kappa shape index (κ1) is 13.6. The summed E-state index contributed by atoms with van der Waals surface area (Å²) in [4.78, 5) is 15.7. The number of amides is 1. The summed E-state index contributed by atoms with van der Waals surface area (Å²) >= 11 is 11.2. The molecule has 0 unspecified atom stereocenters. The summed E-state index contributed by atoms with van der Waals surface area (Å²) in [5.41, 5.74) is 6.22. The quantitative estimate of drug-likeness (QED) is 0.836. The zero-order valence-electron chi connectivity index (χ0n) is 9.45. The van der Waals surface area contributed by atoms with Crippen LogP contribution in [0.3, 0.4) is 0 Å². The first-order valence-electron chi connectivity index (χ1n) is 5.15. The monoisotopic (exact) mass is 299 g/mol. The molecule has 1 amide bonds. The minimum absolute atomic E-state index is 0.0236. The molecule has 2 aromatic rings. The number of nitrogens with one attached hydrogen (secondary N) is 1. The molecule has 0 bridgehead atoms. The first-order valence-corrected chi connectivity index (χ1v) is 5.90. The largest absolute Gasteiger partial charge is 0.397 e. The number of pyridine rings is 1. The van der Waals surface area contributed by atoms with E-state index >= 15 is 0 Å². The topological polar surface area (TPSA) is 68.0 Å². The third-order valence-electron chi connectivity index (χ3n) is 2.32. The molecule has 0 aliphatic heterocycles. The SMILES string of the molecule is Nc1cnc(Cl)cc1C(=O)Nc1ccc(Cl)c(F)c1. The van der Waals surface area contributed by atoms with Gasteiger partial charge in [0, 0.05) is 5.69 Å². The molecule has 0 aliphatic rings. The third-order valence-corrected chi connectivity index (χ3v) is 2.84. The van der Waals surface area contributed by atoms with Crippen molar-refractivity contribution >= 4 is 40.5 Å². The maximum atomic E-state index is 13.2. The Kier molecular flexibility index (Phi) is 3.87. The van der Waals surface area contributed by atoms with E-state index in [0.29, 0.717) is 0 Å². The van der Waals surface area contributed by atoms with Crippen molar-refractivity contribution in [2.24, 2.45) is 0 Å². The Morgan fingerprint density at radius 1 is 1.32 bits per heavy atom. The number of halogens is 3. The van der Waals surface area contributed by atoms with Crippen molar-refractivity contribution in [2.45, 2.75) is 0 Å². The van der Waals surface area contributed by atoms with Gasteiger partial charge in [0.1, 0.15) is 11.0 Å². The van der Waals surface area contributed by atoms with Crippen molar-refractivity contribution in [2.75, 3.05) is 11.1 Å². The highest BCUT2D eigenvalue weighted by Crippen LogP contribution is 2.21. The fraction of sp³-hybridized carbons (Fsp3) is 0. The number of rotatable bonds is 2. The fourth-order valence-electron chi connectivity index (χ4n) is 1.41. The highest BCUT2D eigenvalue weighted by atomic mass is 35.5. The molecule has 0 aliphatic carbocycles. The summed E-state index contributed by atoms with van der Waals surface area (Å²) in [5, 5.41) is 2.61. The maximum Gasteiger partial charge on any atom is 0.257 e. The van der Waals surface area contributed by atoms with Crippen LogP contribution >= 0.6 is 23.2 Å². The lowest BCUT2D eigenvalue weighted by molar-refractivity contribution is 0.102. The zero-order valence-corrected chi connectivity index (χ0v) is 11.0. The van der Waals surface area contributed by atoms with Gasteiger partial charge in [0.05, 0.1) is 22.5 Å². The minimum Gasteiger partial charge on any atom is -0.397 e. The average molecular weight is 300 g/mol. The fourth-order valence-corrected chi connectivity index (χ4v) is 1.68. The summed E-state index contributed by atoms with van der Waals surface area (Å²) < 4.78 is 13.2. The molecule has 0 spiro atoms. The number of benzene rings is 1. The molecule has 3 N–H and O–H groups in total. The van der Waals surface area contributed by atoms with Crippen molar-refractivity contribution < 1.29 is 9.18 Å². The van der Waals surface area contributed by atoms with Crippen LogP contribution in [0.25, 0.3) is 0 Å². The van der Waals surface area contributed by atoms with Crippen LogP contribution in [-0.2, 0) is 0 Å². The highest BCUT2D eigenvalue weighted by Gasteiger charge is 2.12. The van der Waals surface area contributed by atoms with Crippen LogP contribution in [-0.4, -0.2) is 10.9 Å². The van der Waals surface area contributed by atoms with Crippen molar-refractivity contribution in [1.82, 2.24) is 4.98 Å². The Labute approximate surface area is 118 Å². The van der Waals surface area contributed by atoms with Gasteiger partial charge in [-0.25, -0.2) is 9.37 Å². The van der Waals surface area contributed by atoms with E-state index in [-0.39, 0.29) is 27.1 Å². The molecule has 0 saturated heterocycles. The summed E-state index contributed by atoms with van der Waals surface area (Å²) in [6.07, 6.45) is 1.28. The number of hydrogen-bond acceptors (Lipinski definition) is 3. The second-order valence-electron chi connectivity index (χ2n) is 3.68.